The minimum absolute atomic E-state index is 0.123. The van der Waals surface area contributed by atoms with Gasteiger partial charge in [0, 0.05) is 40.4 Å². The summed E-state index contributed by atoms with van der Waals surface area (Å²) < 4.78 is 27.8. The van der Waals surface area contributed by atoms with E-state index < -0.39 is 6.43 Å². The van der Waals surface area contributed by atoms with Crippen LogP contribution in [0.2, 0.25) is 0 Å². The average Bonchev–Trinajstić information content (AvgIpc) is 3.09. The van der Waals surface area contributed by atoms with E-state index in [1.807, 2.05) is 56.0 Å². The number of nitrogens with one attached hydrogen (secondary N) is 2. The van der Waals surface area contributed by atoms with Gasteiger partial charge in [0.05, 0.1) is 12.1 Å². The Bertz CT molecular complexity index is 1270. The maximum atomic E-state index is 13.4. The molecule has 8 heteroatoms. The molecule has 1 aliphatic rings. The lowest BCUT2D eigenvalue weighted by atomic mass is 9.90. The SMILES string of the molecule is Cc1cc(C)c(CNC(=O)c2c(C)n(C(C)C3CCN(CC(F)F)CC3)c3ccccc23)c(=O)[nH]1. The molecule has 4 rings (SSSR count). The summed E-state index contributed by atoms with van der Waals surface area (Å²) in [4.78, 5) is 30.4. The predicted octanol–water partition coefficient (Wildman–Crippen LogP) is 4.72. The molecule has 2 N–H and O–H groups in total. The molecule has 2 aromatic heterocycles. The molecule has 0 saturated carbocycles. The number of carbonyl (C=O) groups is 1. The first-order valence-electron chi connectivity index (χ1n) is 12.2. The first kappa shape index (κ1) is 25.1. The van der Waals surface area contributed by atoms with Gasteiger partial charge in [0.25, 0.3) is 17.9 Å². The van der Waals surface area contributed by atoms with Crippen molar-refractivity contribution in [1.29, 1.82) is 0 Å². The molecule has 1 aliphatic heterocycles. The molecule has 35 heavy (non-hydrogen) atoms. The fraction of sp³-hybridized carbons (Fsp3) is 0.481. The van der Waals surface area contributed by atoms with Gasteiger partial charge in [0.1, 0.15) is 0 Å². The fourth-order valence-corrected chi connectivity index (χ4v) is 5.58. The third-order valence-corrected chi connectivity index (χ3v) is 7.42. The number of halogens is 2. The number of H-pyrrole nitrogens is 1. The average molecular weight is 485 g/mol. The highest BCUT2D eigenvalue weighted by atomic mass is 19.3. The summed E-state index contributed by atoms with van der Waals surface area (Å²) in [5, 5.41) is 3.83. The molecule has 0 radical (unpaired) electrons. The Morgan fingerprint density at radius 1 is 1.17 bits per heavy atom. The van der Waals surface area contributed by atoms with Gasteiger partial charge in [-0.2, -0.15) is 0 Å². The van der Waals surface area contributed by atoms with Crippen molar-refractivity contribution in [2.45, 2.75) is 59.5 Å². The first-order chi connectivity index (χ1) is 16.7. The van der Waals surface area contributed by atoms with Crippen LogP contribution in [0.5, 0.6) is 0 Å². The predicted molar refractivity (Wildman–Crippen MR) is 134 cm³/mol. The van der Waals surface area contributed by atoms with Gasteiger partial charge in [-0.25, -0.2) is 8.78 Å². The van der Waals surface area contributed by atoms with Gasteiger partial charge < -0.3 is 14.9 Å². The molecule has 0 bridgehead atoms. The number of alkyl halides is 2. The van der Waals surface area contributed by atoms with Crippen molar-refractivity contribution in [3.63, 3.8) is 0 Å². The minimum atomic E-state index is -2.31. The van der Waals surface area contributed by atoms with Gasteiger partial charge in [-0.1, -0.05) is 18.2 Å². The zero-order valence-electron chi connectivity index (χ0n) is 20.8. The van der Waals surface area contributed by atoms with Crippen molar-refractivity contribution in [1.82, 2.24) is 19.8 Å². The third-order valence-electron chi connectivity index (χ3n) is 7.42. The van der Waals surface area contributed by atoms with E-state index in [9.17, 15) is 18.4 Å². The largest absolute Gasteiger partial charge is 0.348 e. The number of para-hydroxylation sites is 1. The maximum absolute atomic E-state index is 13.4. The molecule has 1 aromatic carbocycles. The summed E-state index contributed by atoms with van der Waals surface area (Å²) in [5.41, 5.74) is 4.47. The van der Waals surface area contributed by atoms with E-state index in [2.05, 4.69) is 21.8 Å². The Hall–Kier alpha value is -3.00. The number of aryl methyl sites for hydroxylation is 2. The standard InChI is InChI=1S/C27H34F2N4O2/c1-16-13-17(2)31-26(34)22(16)14-30-27(35)25-19(4)33(23-8-6-5-7-21(23)25)18(3)20-9-11-32(12-10-20)15-24(28)29/h5-8,13,18,20,24H,9-12,14-15H2,1-4H3,(H,30,35)(H,31,34). The Kier molecular flexibility index (Phi) is 7.40. The normalized spacial score (nSPS) is 16.2. The van der Waals surface area contributed by atoms with Gasteiger partial charge in [0.15, 0.2) is 0 Å². The zero-order chi connectivity index (χ0) is 25.3. The van der Waals surface area contributed by atoms with Crippen molar-refractivity contribution >= 4 is 16.8 Å². The number of fused-ring (bicyclic) bond motifs is 1. The molecular weight excluding hydrogens is 450 g/mol. The van der Waals surface area contributed by atoms with Crippen LogP contribution in [0.4, 0.5) is 8.78 Å². The topological polar surface area (TPSA) is 70.1 Å². The van der Waals surface area contributed by atoms with Crippen LogP contribution in [-0.4, -0.2) is 46.4 Å². The monoisotopic (exact) mass is 484 g/mol. The van der Waals surface area contributed by atoms with E-state index in [1.165, 1.54) is 0 Å². The summed E-state index contributed by atoms with van der Waals surface area (Å²) in [7, 11) is 0. The van der Waals surface area contributed by atoms with E-state index in [1.54, 1.807) is 0 Å². The Labute approximate surface area is 204 Å². The zero-order valence-corrected chi connectivity index (χ0v) is 20.8. The third kappa shape index (κ3) is 5.17. The molecule has 1 amide bonds. The second kappa shape index (κ2) is 10.3. The van der Waals surface area contributed by atoms with Crippen LogP contribution in [0.15, 0.2) is 35.1 Å². The van der Waals surface area contributed by atoms with Crippen molar-refractivity contribution in [3.8, 4) is 0 Å². The highest BCUT2D eigenvalue weighted by Crippen LogP contribution is 2.35. The van der Waals surface area contributed by atoms with Crippen molar-refractivity contribution in [3.05, 3.63) is 68.8 Å². The van der Waals surface area contributed by atoms with Gasteiger partial charge >= 0.3 is 0 Å². The molecular formula is C27H34F2N4O2. The van der Waals surface area contributed by atoms with Crippen LogP contribution in [0.3, 0.4) is 0 Å². The molecule has 188 valence electrons. The molecule has 6 nitrogen and oxygen atoms in total. The van der Waals surface area contributed by atoms with Crippen LogP contribution >= 0.6 is 0 Å². The maximum Gasteiger partial charge on any atom is 0.254 e. The molecule has 1 atom stereocenters. The number of hydrogen-bond donors (Lipinski definition) is 2. The molecule has 1 fully saturated rings. The van der Waals surface area contributed by atoms with Crippen molar-refractivity contribution in [2.24, 2.45) is 5.92 Å². The van der Waals surface area contributed by atoms with Crippen LogP contribution in [0, 0.1) is 26.7 Å². The number of likely N-dealkylation sites (tertiary alicyclic amines) is 1. The van der Waals surface area contributed by atoms with Gasteiger partial charge in [-0.05, 0) is 77.2 Å². The van der Waals surface area contributed by atoms with E-state index in [4.69, 9.17) is 0 Å². The quantitative estimate of drug-likeness (QED) is 0.510. The minimum Gasteiger partial charge on any atom is -0.348 e. The summed E-state index contributed by atoms with van der Waals surface area (Å²) in [6.45, 7) is 9.13. The number of nitrogens with zero attached hydrogens (tertiary/aromatic N) is 2. The summed E-state index contributed by atoms with van der Waals surface area (Å²) in [6.07, 6.45) is -0.617. The number of aromatic amines is 1. The smallest absolute Gasteiger partial charge is 0.254 e. The number of carbonyl (C=O) groups excluding carboxylic acids is 1. The Balaban J connectivity index is 1.58. The molecule has 0 spiro atoms. The molecule has 1 unspecified atom stereocenters. The number of pyridine rings is 1. The number of rotatable bonds is 7. The number of amides is 1. The van der Waals surface area contributed by atoms with Crippen LogP contribution < -0.4 is 10.9 Å². The van der Waals surface area contributed by atoms with Crippen LogP contribution in [0.25, 0.3) is 10.9 Å². The van der Waals surface area contributed by atoms with Crippen molar-refractivity contribution in [2.75, 3.05) is 19.6 Å². The number of aromatic nitrogens is 2. The number of piperidine rings is 1. The Morgan fingerprint density at radius 3 is 2.51 bits per heavy atom. The lowest BCUT2D eigenvalue weighted by molar-refractivity contribution is 0.0631. The van der Waals surface area contributed by atoms with Crippen LogP contribution in [0.1, 0.15) is 58.7 Å². The highest BCUT2D eigenvalue weighted by molar-refractivity contribution is 6.08. The second-order valence-electron chi connectivity index (χ2n) is 9.74. The van der Waals surface area contributed by atoms with E-state index in [0.29, 0.717) is 30.1 Å². The lowest BCUT2D eigenvalue weighted by Gasteiger charge is -2.36. The van der Waals surface area contributed by atoms with Gasteiger partial charge in [-0.15, -0.1) is 0 Å². The highest BCUT2D eigenvalue weighted by Gasteiger charge is 2.29. The summed E-state index contributed by atoms with van der Waals surface area (Å²) >= 11 is 0. The lowest BCUT2D eigenvalue weighted by Crippen LogP contribution is -2.38. The van der Waals surface area contributed by atoms with Gasteiger partial charge in [-0.3, -0.25) is 14.5 Å². The first-order valence-corrected chi connectivity index (χ1v) is 12.2. The van der Waals surface area contributed by atoms with E-state index in [-0.39, 0.29) is 30.6 Å². The van der Waals surface area contributed by atoms with Crippen molar-refractivity contribution < 1.29 is 13.6 Å². The number of hydrogen-bond acceptors (Lipinski definition) is 3. The Morgan fingerprint density at radius 2 is 1.86 bits per heavy atom. The molecule has 0 aliphatic carbocycles. The van der Waals surface area contributed by atoms with E-state index in [0.717, 1.165) is 40.7 Å². The summed E-state index contributed by atoms with van der Waals surface area (Å²) in [6, 6.07) is 9.89. The number of benzene rings is 1. The van der Waals surface area contributed by atoms with Gasteiger partial charge in [0.2, 0.25) is 0 Å². The second-order valence-corrected chi connectivity index (χ2v) is 9.74. The van der Waals surface area contributed by atoms with E-state index >= 15 is 0 Å². The molecule has 1 saturated heterocycles. The summed E-state index contributed by atoms with van der Waals surface area (Å²) in [5.74, 6) is 0.124. The molecule has 3 heterocycles. The fourth-order valence-electron chi connectivity index (χ4n) is 5.58. The van der Waals surface area contributed by atoms with Crippen LogP contribution in [-0.2, 0) is 6.54 Å². The molecule has 3 aromatic rings.